The minimum atomic E-state index is -0.562. The summed E-state index contributed by atoms with van der Waals surface area (Å²) in [5, 5.41) is 13.8. The van der Waals surface area contributed by atoms with E-state index in [9.17, 15) is 14.4 Å². The molecule has 184 valence electrons. The zero-order valence-corrected chi connectivity index (χ0v) is 20.9. The SMILES string of the molecule is CC(C)CCNC(=O)Nc1nnc(C(=O)N2CCN(C(=O)OC(C)(C)C)CC2)cc1C(C)C. The summed E-state index contributed by atoms with van der Waals surface area (Å²) in [6.07, 6.45) is 0.503. The Morgan fingerprint density at radius 2 is 1.64 bits per heavy atom. The summed E-state index contributed by atoms with van der Waals surface area (Å²) in [4.78, 5) is 40.7. The van der Waals surface area contributed by atoms with Gasteiger partial charge in [-0.05, 0) is 45.1 Å². The lowest BCUT2D eigenvalue weighted by Gasteiger charge is -2.35. The highest BCUT2D eigenvalue weighted by Crippen LogP contribution is 2.23. The molecule has 10 heteroatoms. The maximum Gasteiger partial charge on any atom is 0.410 e. The van der Waals surface area contributed by atoms with E-state index < -0.39 is 5.60 Å². The first-order valence-corrected chi connectivity index (χ1v) is 11.6. The fourth-order valence-electron chi connectivity index (χ4n) is 3.25. The minimum Gasteiger partial charge on any atom is -0.444 e. The van der Waals surface area contributed by atoms with Gasteiger partial charge in [0.25, 0.3) is 5.91 Å². The molecule has 1 aromatic rings. The number of hydrogen-bond donors (Lipinski definition) is 2. The van der Waals surface area contributed by atoms with Crippen LogP contribution in [0.3, 0.4) is 0 Å². The Hall–Kier alpha value is -2.91. The fourth-order valence-corrected chi connectivity index (χ4v) is 3.25. The Balaban J connectivity index is 2.01. The average Bonchev–Trinajstić information content (AvgIpc) is 2.72. The maximum absolute atomic E-state index is 13.0. The number of piperazine rings is 1. The maximum atomic E-state index is 13.0. The molecule has 33 heavy (non-hydrogen) atoms. The van der Waals surface area contributed by atoms with E-state index in [0.29, 0.717) is 44.5 Å². The zero-order chi connectivity index (χ0) is 24.8. The Bertz CT molecular complexity index is 842. The molecule has 0 radical (unpaired) electrons. The number of carbonyl (C=O) groups excluding carboxylic acids is 3. The van der Waals surface area contributed by atoms with Gasteiger partial charge >= 0.3 is 12.1 Å². The van der Waals surface area contributed by atoms with E-state index in [1.54, 1.807) is 15.9 Å². The van der Waals surface area contributed by atoms with Gasteiger partial charge in [0.05, 0.1) is 0 Å². The summed E-state index contributed by atoms with van der Waals surface area (Å²) in [6.45, 7) is 15.7. The largest absolute Gasteiger partial charge is 0.444 e. The number of urea groups is 1. The van der Waals surface area contributed by atoms with Crippen LogP contribution in [0.5, 0.6) is 0 Å². The number of nitrogens with zero attached hydrogens (tertiary/aromatic N) is 4. The van der Waals surface area contributed by atoms with Gasteiger partial charge < -0.3 is 19.9 Å². The van der Waals surface area contributed by atoms with Crippen LogP contribution in [-0.4, -0.2) is 76.4 Å². The third-order valence-electron chi connectivity index (χ3n) is 5.12. The zero-order valence-electron chi connectivity index (χ0n) is 20.9. The molecule has 1 saturated heterocycles. The first-order chi connectivity index (χ1) is 15.4. The van der Waals surface area contributed by atoms with Crippen molar-refractivity contribution in [2.24, 2.45) is 5.92 Å². The monoisotopic (exact) mass is 462 g/mol. The number of aromatic nitrogens is 2. The lowest BCUT2D eigenvalue weighted by atomic mass is 10.0. The molecule has 0 aromatic carbocycles. The van der Waals surface area contributed by atoms with E-state index >= 15 is 0 Å². The highest BCUT2D eigenvalue weighted by atomic mass is 16.6. The van der Waals surface area contributed by atoms with Crippen LogP contribution < -0.4 is 10.6 Å². The van der Waals surface area contributed by atoms with E-state index in [1.165, 1.54) is 0 Å². The van der Waals surface area contributed by atoms with Crippen LogP contribution in [0.25, 0.3) is 0 Å². The van der Waals surface area contributed by atoms with Crippen molar-refractivity contribution in [3.63, 3.8) is 0 Å². The summed E-state index contributed by atoms with van der Waals surface area (Å²) in [7, 11) is 0. The molecular formula is C23H38N6O4. The number of carbonyl (C=O) groups is 3. The highest BCUT2D eigenvalue weighted by Gasteiger charge is 2.29. The molecule has 4 amide bonds. The van der Waals surface area contributed by atoms with E-state index in [1.807, 2.05) is 34.6 Å². The van der Waals surface area contributed by atoms with Gasteiger partial charge in [-0.3, -0.25) is 10.1 Å². The molecule has 0 aliphatic carbocycles. The first kappa shape index (κ1) is 26.3. The van der Waals surface area contributed by atoms with Crippen LogP contribution >= 0.6 is 0 Å². The van der Waals surface area contributed by atoms with E-state index in [2.05, 4.69) is 34.7 Å². The third-order valence-corrected chi connectivity index (χ3v) is 5.12. The number of nitrogens with one attached hydrogen (secondary N) is 2. The number of ether oxygens (including phenoxy) is 1. The first-order valence-electron chi connectivity index (χ1n) is 11.6. The van der Waals surface area contributed by atoms with Crippen molar-refractivity contribution in [2.45, 2.75) is 66.4 Å². The van der Waals surface area contributed by atoms with Crippen molar-refractivity contribution in [2.75, 3.05) is 38.0 Å². The molecule has 1 fully saturated rings. The van der Waals surface area contributed by atoms with Crippen molar-refractivity contribution in [3.8, 4) is 0 Å². The van der Waals surface area contributed by atoms with Crippen LogP contribution in [0.4, 0.5) is 15.4 Å². The molecule has 0 atom stereocenters. The highest BCUT2D eigenvalue weighted by molar-refractivity contribution is 5.94. The second-order valence-electron chi connectivity index (χ2n) is 10.0. The second kappa shape index (κ2) is 11.3. The fraction of sp³-hybridized carbons (Fsp3) is 0.696. The summed E-state index contributed by atoms with van der Waals surface area (Å²) < 4.78 is 5.40. The Kier molecular flexibility index (Phi) is 9.01. The van der Waals surface area contributed by atoms with Gasteiger partial charge in [-0.25, -0.2) is 9.59 Å². The van der Waals surface area contributed by atoms with Gasteiger partial charge in [-0.15, -0.1) is 10.2 Å². The summed E-state index contributed by atoms with van der Waals surface area (Å²) in [5.74, 6) is 0.620. The second-order valence-corrected chi connectivity index (χ2v) is 10.0. The number of amides is 4. The van der Waals surface area contributed by atoms with Gasteiger partial charge in [0, 0.05) is 38.3 Å². The number of rotatable bonds is 6. The molecule has 0 saturated carbocycles. The molecule has 1 aliphatic rings. The molecule has 0 spiro atoms. The number of hydrogen-bond acceptors (Lipinski definition) is 6. The van der Waals surface area contributed by atoms with Gasteiger partial charge in [-0.1, -0.05) is 27.7 Å². The topological polar surface area (TPSA) is 117 Å². The Morgan fingerprint density at radius 3 is 2.18 bits per heavy atom. The predicted molar refractivity (Wildman–Crippen MR) is 126 cm³/mol. The lowest BCUT2D eigenvalue weighted by Crippen LogP contribution is -2.51. The molecule has 1 aliphatic heterocycles. The molecular weight excluding hydrogens is 424 g/mol. The van der Waals surface area contributed by atoms with Crippen LogP contribution in [0.2, 0.25) is 0 Å². The van der Waals surface area contributed by atoms with E-state index in [0.717, 1.165) is 12.0 Å². The van der Waals surface area contributed by atoms with Crippen molar-refractivity contribution in [3.05, 3.63) is 17.3 Å². The van der Waals surface area contributed by atoms with E-state index in [4.69, 9.17) is 4.74 Å². The van der Waals surface area contributed by atoms with Crippen LogP contribution in [0.15, 0.2) is 6.07 Å². The van der Waals surface area contributed by atoms with E-state index in [-0.39, 0.29) is 29.6 Å². The molecule has 2 rings (SSSR count). The average molecular weight is 463 g/mol. The number of anilines is 1. The quantitative estimate of drug-likeness (QED) is 0.669. The predicted octanol–water partition coefficient (Wildman–Crippen LogP) is 3.46. The van der Waals surface area contributed by atoms with Gasteiger partial charge in [0.15, 0.2) is 11.5 Å². The molecule has 2 N–H and O–H groups in total. The van der Waals surface area contributed by atoms with Gasteiger partial charge in [-0.2, -0.15) is 0 Å². The Morgan fingerprint density at radius 1 is 1.03 bits per heavy atom. The molecule has 2 heterocycles. The summed E-state index contributed by atoms with van der Waals surface area (Å²) in [5.41, 5.74) is 0.392. The smallest absolute Gasteiger partial charge is 0.410 e. The normalized spacial score (nSPS) is 14.5. The molecule has 0 unspecified atom stereocenters. The van der Waals surface area contributed by atoms with Gasteiger partial charge in [0.2, 0.25) is 0 Å². The Labute approximate surface area is 196 Å². The lowest BCUT2D eigenvalue weighted by molar-refractivity contribution is 0.0140. The van der Waals surface area contributed by atoms with Crippen molar-refractivity contribution in [1.82, 2.24) is 25.3 Å². The van der Waals surface area contributed by atoms with Crippen LogP contribution in [0, 0.1) is 5.92 Å². The van der Waals surface area contributed by atoms with Gasteiger partial charge in [0.1, 0.15) is 5.60 Å². The van der Waals surface area contributed by atoms with Crippen molar-refractivity contribution < 1.29 is 19.1 Å². The molecule has 10 nitrogen and oxygen atoms in total. The molecule has 0 bridgehead atoms. The summed E-state index contributed by atoms with van der Waals surface area (Å²) >= 11 is 0. The standard InChI is InChI=1S/C23H38N6O4/c1-15(2)8-9-24-21(31)25-19-17(16(3)4)14-18(26-27-19)20(30)28-10-12-29(13-11-28)22(32)33-23(5,6)7/h14-16H,8-13H2,1-7H3,(H2,24,25,27,31). The van der Waals surface area contributed by atoms with Crippen LogP contribution in [0.1, 0.15) is 76.9 Å². The third kappa shape index (κ3) is 8.18. The van der Waals surface area contributed by atoms with Crippen molar-refractivity contribution >= 4 is 23.8 Å². The van der Waals surface area contributed by atoms with Crippen molar-refractivity contribution in [1.29, 1.82) is 0 Å². The van der Waals surface area contributed by atoms with Crippen LogP contribution in [-0.2, 0) is 4.74 Å². The minimum absolute atomic E-state index is 0.0297. The molecule has 1 aromatic heterocycles. The summed E-state index contributed by atoms with van der Waals surface area (Å²) in [6, 6.07) is 1.34.